The lowest BCUT2D eigenvalue weighted by Crippen LogP contribution is -2.51. The van der Waals surface area contributed by atoms with Gasteiger partial charge in [0.25, 0.3) is 0 Å². The van der Waals surface area contributed by atoms with Crippen molar-refractivity contribution >= 4 is 5.97 Å². The Labute approximate surface area is 149 Å². The van der Waals surface area contributed by atoms with Crippen molar-refractivity contribution in [3.05, 3.63) is 23.7 Å². The molecule has 6 heteroatoms. The Morgan fingerprint density at radius 2 is 2.20 bits per heavy atom. The molecule has 3 rings (SSSR count). The maximum atomic E-state index is 10.8. The average Bonchev–Trinajstić information content (AvgIpc) is 3.19. The Balaban J connectivity index is 1.66. The van der Waals surface area contributed by atoms with E-state index in [4.69, 9.17) is 19.0 Å². The lowest BCUT2D eigenvalue weighted by atomic mass is 9.79. The van der Waals surface area contributed by atoms with E-state index in [0.29, 0.717) is 0 Å². The summed E-state index contributed by atoms with van der Waals surface area (Å²) >= 11 is 0. The van der Waals surface area contributed by atoms with Crippen LogP contribution in [0.1, 0.15) is 50.5 Å². The number of hydrogen-bond donors (Lipinski definition) is 1. The van der Waals surface area contributed by atoms with Gasteiger partial charge in [-0.05, 0) is 44.2 Å². The lowest BCUT2D eigenvalue weighted by Gasteiger charge is -2.43. The van der Waals surface area contributed by atoms with E-state index in [2.05, 4.69) is 24.0 Å². The predicted molar refractivity (Wildman–Crippen MR) is 92.5 cm³/mol. The number of carboxylic acid groups (broad SMARTS) is 1. The third kappa shape index (κ3) is 4.07. The van der Waals surface area contributed by atoms with Gasteiger partial charge in [-0.3, -0.25) is 4.90 Å². The highest BCUT2D eigenvalue weighted by Crippen LogP contribution is 2.43. The number of fused-ring (bicyclic) bond motifs is 1. The van der Waals surface area contributed by atoms with E-state index in [-0.39, 0.29) is 24.4 Å². The highest BCUT2D eigenvalue weighted by atomic mass is 16.5. The normalized spacial score (nSPS) is 29.7. The molecule has 1 aromatic rings. The number of methoxy groups -OCH3 is 1. The maximum absolute atomic E-state index is 10.8. The first kappa shape index (κ1) is 18.4. The van der Waals surface area contributed by atoms with Crippen LogP contribution in [-0.2, 0) is 27.2 Å². The van der Waals surface area contributed by atoms with Crippen molar-refractivity contribution < 1.29 is 23.8 Å². The van der Waals surface area contributed by atoms with E-state index >= 15 is 0 Å². The van der Waals surface area contributed by atoms with E-state index in [0.717, 1.165) is 63.1 Å². The molecule has 0 bridgehead atoms. The second-order valence-electron chi connectivity index (χ2n) is 7.22. The summed E-state index contributed by atoms with van der Waals surface area (Å²) in [5, 5.41) is 8.85. The molecule has 1 aliphatic heterocycles. The van der Waals surface area contributed by atoms with Gasteiger partial charge in [-0.15, -0.1) is 0 Å². The van der Waals surface area contributed by atoms with Gasteiger partial charge < -0.3 is 19.0 Å². The van der Waals surface area contributed by atoms with E-state index in [1.54, 1.807) is 7.11 Å². The molecule has 25 heavy (non-hydrogen) atoms. The summed E-state index contributed by atoms with van der Waals surface area (Å²) in [6.45, 7) is 3.66. The average molecular weight is 351 g/mol. The zero-order chi connectivity index (χ0) is 17.9. The van der Waals surface area contributed by atoms with Gasteiger partial charge in [-0.1, -0.05) is 6.92 Å². The molecule has 3 atom stereocenters. The predicted octanol–water partition coefficient (Wildman–Crippen LogP) is 2.85. The molecule has 2 fully saturated rings. The van der Waals surface area contributed by atoms with Gasteiger partial charge >= 0.3 is 5.97 Å². The molecule has 1 saturated heterocycles. The standard InChI is InChI=1S/C19H29NO5/c1-3-4-14-5-6-16(25-14)12-20-10-9-19(23-2)8-7-15(11-17(19)20)24-13-18(21)22/h5-6,15,17H,3-4,7-13H2,1-2H3,(H,21,22)/t15-,17+,19-/m1/s1. The summed E-state index contributed by atoms with van der Waals surface area (Å²) < 4.78 is 17.5. The molecular formula is C19H29NO5. The Morgan fingerprint density at radius 1 is 1.40 bits per heavy atom. The van der Waals surface area contributed by atoms with Crippen molar-refractivity contribution in [3.8, 4) is 0 Å². The Hall–Kier alpha value is -1.37. The number of carboxylic acids is 1. The van der Waals surface area contributed by atoms with Gasteiger partial charge in [0.1, 0.15) is 18.1 Å². The minimum Gasteiger partial charge on any atom is -0.480 e. The second-order valence-corrected chi connectivity index (χ2v) is 7.22. The fourth-order valence-corrected chi connectivity index (χ4v) is 4.37. The van der Waals surface area contributed by atoms with Crippen LogP contribution in [0.2, 0.25) is 0 Å². The summed E-state index contributed by atoms with van der Waals surface area (Å²) in [6, 6.07) is 4.38. The highest BCUT2D eigenvalue weighted by Gasteiger charge is 2.51. The molecule has 0 unspecified atom stereocenters. The van der Waals surface area contributed by atoms with Crippen LogP contribution < -0.4 is 0 Å². The van der Waals surface area contributed by atoms with Crippen LogP contribution in [0, 0.1) is 0 Å². The van der Waals surface area contributed by atoms with Crippen LogP contribution in [0.15, 0.2) is 16.5 Å². The van der Waals surface area contributed by atoms with Gasteiger partial charge in [0.2, 0.25) is 0 Å². The first-order valence-electron chi connectivity index (χ1n) is 9.26. The van der Waals surface area contributed by atoms with Crippen LogP contribution in [0.5, 0.6) is 0 Å². The highest BCUT2D eigenvalue weighted by molar-refractivity contribution is 5.68. The molecule has 0 amide bonds. The van der Waals surface area contributed by atoms with Gasteiger partial charge in [0.05, 0.1) is 18.2 Å². The molecule has 2 aliphatic rings. The summed E-state index contributed by atoms with van der Waals surface area (Å²) in [5.41, 5.74) is -0.137. The number of likely N-dealkylation sites (tertiary alicyclic amines) is 1. The second kappa shape index (κ2) is 7.89. The van der Waals surface area contributed by atoms with Gasteiger partial charge in [0.15, 0.2) is 0 Å². The quantitative estimate of drug-likeness (QED) is 0.776. The molecule has 6 nitrogen and oxygen atoms in total. The monoisotopic (exact) mass is 351 g/mol. The minimum absolute atomic E-state index is 0.0165. The smallest absolute Gasteiger partial charge is 0.329 e. The van der Waals surface area contributed by atoms with E-state index in [1.165, 1.54) is 0 Å². The maximum Gasteiger partial charge on any atom is 0.329 e. The Morgan fingerprint density at radius 3 is 2.92 bits per heavy atom. The van der Waals surface area contributed by atoms with Gasteiger partial charge in [-0.25, -0.2) is 4.79 Å². The molecule has 0 radical (unpaired) electrons. The number of furan rings is 1. The van der Waals surface area contributed by atoms with Gasteiger partial charge in [-0.2, -0.15) is 0 Å². The first-order valence-corrected chi connectivity index (χ1v) is 9.26. The Kier molecular flexibility index (Phi) is 5.81. The molecule has 1 aromatic heterocycles. The number of hydrogen-bond acceptors (Lipinski definition) is 5. The zero-order valence-electron chi connectivity index (χ0n) is 15.2. The van der Waals surface area contributed by atoms with Crippen molar-refractivity contribution in [1.82, 2.24) is 4.90 Å². The summed E-state index contributed by atoms with van der Waals surface area (Å²) in [7, 11) is 1.79. The molecule has 1 N–H and O–H groups in total. The van der Waals surface area contributed by atoms with E-state index < -0.39 is 5.97 Å². The number of ether oxygens (including phenoxy) is 2. The SMILES string of the molecule is CCCc1ccc(CN2CC[C@]3(OC)CC[C@@H](OCC(=O)O)C[C@H]23)o1. The summed E-state index contributed by atoms with van der Waals surface area (Å²) in [6.07, 6.45) is 5.61. The van der Waals surface area contributed by atoms with E-state index in [9.17, 15) is 4.79 Å². The molecular weight excluding hydrogens is 322 g/mol. The molecule has 2 heterocycles. The van der Waals surface area contributed by atoms with Crippen LogP contribution in [0.3, 0.4) is 0 Å². The van der Waals surface area contributed by atoms with Crippen molar-refractivity contribution in [2.24, 2.45) is 0 Å². The number of rotatable bonds is 8. The third-order valence-electron chi connectivity index (χ3n) is 5.67. The molecule has 0 spiro atoms. The lowest BCUT2D eigenvalue weighted by molar-refractivity contribution is -0.148. The largest absolute Gasteiger partial charge is 0.480 e. The molecule has 1 aliphatic carbocycles. The van der Waals surface area contributed by atoms with Crippen molar-refractivity contribution in [2.75, 3.05) is 20.3 Å². The van der Waals surface area contributed by atoms with Crippen LogP contribution >= 0.6 is 0 Å². The van der Waals surface area contributed by atoms with E-state index in [1.807, 2.05) is 0 Å². The number of nitrogens with zero attached hydrogens (tertiary/aromatic N) is 1. The van der Waals surface area contributed by atoms with Crippen LogP contribution in [0.4, 0.5) is 0 Å². The Bertz CT molecular complexity index is 586. The fourth-order valence-electron chi connectivity index (χ4n) is 4.37. The first-order chi connectivity index (χ1) is 12.1. The van der Waals surface area contributed by atoms with Crippen LogP contribution in [0.25, 0.3) is 0 Å². The van der Waals surface area contributed by atoms with Crippen LogP contribution in [-0.4, -0.2) is 54.0 Å². The number of carbonyl (C=O) groups is 1. The van der Waals surface area contributed by atoms with Gasteiger partial charge in [0, 0.05) is 26.1 Å². The molecule has 140 valence electrons. The van der Waals surface area contributed by atoms with Crippen molar-refractivity contribution in [2.45, 2.75) is 69.7 Å². The number of aliphatic carboxylic acids is 1. The third-order valence-corrected chi connectivity index (χ3v) is 5.67. The summed E-state index contributed by atoms with van der Waals surface area (Å²) in [5.74, 6) is 1.12. The molecule has 0 aromatic carbocycles. The zero-order valence-corrected chi connectivity index (χ0v) is 15.2. The summed E-state index contributed by atoms with van der Waals surface area (Å²) in [4.78, 5) is 13.2. The van der Waals surface area contributed by atoms with Crippen molar-refractivity contribution in [1.29, 1.82) is 0 Å². The fraction of sp³-hybridized carbons (Fsp3) is 0.737. The topological polar surface area (TPSA) is 72.1 Å². The van der Waals surface area contributed by atoms with Crippen molar-refractivity contribution in [3.63, 3.8) is 0 Å². The molecule has 1 saturated carbocycles. The number of aryl methyl sites for hydroxylation is 1. The minimum atomic E-state index is -0.911.